The number of hydrogen-bond donors (Lipinski definition) is 1. The van der Waals surface area contributed by atoms with Crippen LogP contribution >= 0.6 is 0 Å². The number of methoxy groups -OCH3 is 1. The summed E-state index contributed by atoms with van der Waals surface area (Å²) in [5, 5.41) is 3.37. The SMILES string of the molecule is COc1ccc(N2C(=O)c3cccnc3C2Nc2ccc(C(C)=O)cc2)cc1. The first-order valence-corrected chi connectivity index (χ1v) is 8.88. The van der Waals surface area contributed by atoms with E-state index in [9.17, 15) is 9.59 Å². The number of fused-ring (bicyclic) bond motifs is 1. The maximum Gasteiger partial charge on any atom is 0.262 e. The zero-order valence-electron chi connectivity index (χ0n) is 15.5. The number of benzene rings is 2. The Kier molecular flexibility index (Phi) is 4.53. The molecule has 0 radical (unpaired) electrons. The molecule has 2 aromatic carbocycles. The average molecular weight is 373 g/mol. The summed E-state index contributed by atoms with van der Waals surface area (Å²) < 4.78 is 5.21. The minimum absolute atomic E-state index is 0.00876. The fourth-order valence-corrected chi connectivity index (χ4v) is 3.29. The van der Waals surface area contributed by atoms with Crippen LogP contribution in [0, 0.1) is 0 Å². The number of amides is 1. The van der Waals surface area contributed by atoms with Crippen LogP contribution in [0.3, 0.4) is 0 Å². The highest BCUT2D eigenvalue weighted by molar-refractivity contribution is 6.11. The molecule has 6 nitrogen and oxygen atoms in total. The van der Waals surface area contributed by atoms with E-state index in [1.54, 1.807) is 42.5 Å². The summed E-state index contributed by atoms with van der Waals surface area (Å²) in [6, 6.07) is 18.0. The number of ether oxygens (including phenoxy) is 1. The predicted octanol–water partition coefficient (Wildman–Crippen LogP) is 4.06. The summed E-state index contributed by atoms with van der Waals surface area (Å²) in [5.74, 6) is 0.607. The molecule has 28 heavy (non-hydrogen) atoms. The summed E-state index contributed by atoms with van der Waals surface area (Å²) in [4.78, 5) is 30.7. The molecule has 0 bridgehead atoms. The number of carbonyl (C=O) groups is 2. The number of aromatic nitrogens is 1. The van der Waals surface area contributed by atoms with Crippen molar-refractivity contribution in [2.24, 2.45) is 0 Å². The molecule has 1 aromatic heterocycles. The number of nitrogens with one attached hydrogen (secondary N) is 1. The van der Waals surface area contributed by atoms with E-state index in [2.05, 4.69) is 10.3 Å². The number of pyridine rings is 1. The van der Waals surface area contributed by atoms with Gasteiger partial charge in [0.25, 0.3) is 5.91 Å². The summed E-state index contributed by atoms with van der Waals surface area (Å²) in [5.41, 5.74) is 3.40. The van der Waals surface area contributed by atoms with Gasteiger partial charge in [0.2, 0.25) is 0 Å². The molecule has 140 valence electrons. The van der Waals surface area contributed by atoms with Crippen molar-refractivity contribution < 1.29 is 14.3 Å². The molecule has 3 aromatic rings. The van der Waals surface area contributed by atoms with Crippen LogP contribution < -0.4 is 15.0 Å². The van der Waals surface area contributed by atoms with Gasteiger partial charge >= 0.3 is 0 Å². The van der Waals surface area contributed by atoms with Gasteiger partial charge in [-0.15, -0.1) is 0 Å². The van der Waals surface area contributed by atoms with E-state index in [4.69, 9.17) is 4.74 Å². The number of ketones is 1. The van der Waals surface area contributed by atoms with E-state index >= 15 is 0 Å². The molecule has 0 spiro atoms. The van der Waals surface area contributed by atoms with E-state index in [1.807, 2.05) is 36.4 Å². The van der Waals surface area contributed by atoms with Gasteiger partial charge in [0, 0.05) is 23.1 Å². The molecular weight excluding hydrogens is 354 g/mol. The Hall–Kier alpha value is -3.67. The second-order valence-corrected chi connectivity index (χ2v) is 6.49. The minimum Gasteiger partial charge on any atom is -0.497 e. The number of rotatable bonds is 5. The predicted molar refractivity (Wildman–Crippen MR) is 107 cm³/mol. The molecule has 6 heteroatoms. The number of hydrogen-bond acceptors (Lipinski definition) is 5. The van der Waals surface area contributed by atoms with Crippen LogP contribution in [0.5, 0.6) is 5.75 Å². The fourth-order valence-electron chi connectivity index (χ4n) is 3.29. The van der Waals surface area contributed by atoms with E-state index in [-0.39, 0.29) is 11.7 Å². The molecule has 0 saturated heterocycles. The van der Waals surface area contributed by atoms with Crippen LogP contribution in [-0.4, -0.2) is 23.8 Å². The smallest absolute Gasteiger partial charge is 0.262 e. The third-order valence-corrected chi connectivity index (χ3v) is 4.75. The average Bonchev–Trinajstić information content (AvgIpc) is 3.00. The van der Waals surface area contributed by atoms with Crippen molar-refractivity contribution in [3.63, 3.8) is 0 Å². The zero-order valence-corrected chi connectivity index (χ0v) is 15.5. The highest BCUT2D eigenvalue weighted by Gasteiger charge is 2.39. The van der Waals surface area contributed by atoms with Crippen LogP contribution in [0.1, 0.15) is 39.5 Å². The topological polar surface area (TPSA) is 71.5 Å². The van der Waals surface area contributed by atoms with Crippen molar-refractivity contribution in [3.05, 3.63) is 83.7 Å². The summed E-state index contributed by atoms with van der Waals surface area (Å²) >= 11 is 0. The molecule has 1 unspecified atom stereocenters. The van der Waals surface area contributed by atoms with Gasteiger partial charge in [0.1, 0.15) is 5.75 Å². The summed E-state index contributed by atoms with van der Waals surface area (Å²) in [7, 11) is 1.60. The van der Waals surface area contributed by atoms with Gasteiger partial charge in [-0.1, -0.05) is 0 Å². The van der Waals surface area contributed by atoms with Crippen molar-refractivity contribution in [3.8, 4) is 5.75 Å². The number of anilines is 2. The molecule has 0 saturated carbocycles. The molecule has 4 rings (SSSR count). The van der Waals surface area contributed by atoms with Gasteiger partial charge < -0.3 is 10.1 Å². The molecule has 1 aliphatic rings. The Balaban J connectivity index is 1.71. The Bertz CT molecular complexity index is 1030. The first-order valence-electron chi connectivity index (χ1n) is 8.88. The third kappa shape index (κ3) is 3.09. The van der Waals surface area contributed by atoms with Crippen molar-refractivity contribution in [2.75, 3.05) is 17.3 Å². The quantitative estimate of drug-likeness (QED) is 0.683. The Labute approximate surface area is 162 Å². The molecule has 1 aliphatic heterocycles. The molecule has 1 atom stereocenters. The Morgan fingerprint density at radius 1 is 1.07 bits per heavy atom. The van der Waals surface area contributed by atoms with Crippen molar-refractivity contribution in [1.29, 1.82) is 0 Å². The van der Waals surface area contributed by atoms with Crippen molar-refractivity contribution in [1.82, 2.24) is 4.98 Å². The Morgan fingerprint density at radius 3 is 2.43 bits per heavy atom. The monoisotopic (exact) mass is 373 g/mol. The van der Waals surface area contributed by atoms with E-state index < -0.39 is 6.17 Å². The van der Waals surface area contributed by atoms with Crippen LogP contribution in [-0.2, 0) is 0 Å². The summed E-state index contributed by atoms with van der Waals surface area (Å²) in [6.45, 7) is 1.53. The van der Waals surface area contributed by atoms with Crippen LogP contribution in [0.2, 0.25) is 0 Å². The van der Waals surface area contributed by atoms with Crippen LogP contribution in [0.4, 0.5) is 11.4 Å². The van der Waals surface area contributed by atoms with Gasteiger partial charge in [0.05, 0.1) is 18.4 Å². The second kappa shape index (κ2) is 7.15. The van der Waals surface area contributed by atoms with Gasteiger partial charge in [-0.3, -0.25) is 19.5 Å². The van der Waals surface area contributed by atoms with Crippen molar-refractivity contribution in [2.45, 2.75) is 13.1 Å². The van der Waals surface area contributed by atoms with Crippen LogP contribution in [0.25, 0.3) is 0 Å². The fraction of sp³-hybridized carbons (Fsp3) is 0.136. The maximum absolute atomic E-state index is 13.1. The van der Waals surface area contributed by atoms with Gasteiger partial charge in [0.15, 0.2) is 11.9 Å². The maximum atomic E-state index is 13.1. The lowest BCUT2D eigenvalue weighted by molar-refractivity contribution is 0.0990. The van der Waals surface area contributed by atoms with E-state index in [0.717, 1.165) is 17.1 Å². The minimum atomic E-state index is -0.458. The largest absolute Gasteiger partial charge is 0.497 e. The highest BCUT2D eigenvalue weighted by atomic mass is 16.5. The Morgan fingerprint density at radius 2 is 1.79 bits per heavy atom. The van der Waals surface area contributed by atoms with Gasteiger partial charge in [-0.2, -0.15) is 0 Å². The van der Waals surface area contributed by atoms with E-state index in [0.29, 0.717) is 16.8 Å². The van der Waals surface area contributed by atoms with Crippen LogP contribution in [0.15, 0.2) is 66.9 Å². The lowest BCUT2D eigenvalue weighted by Crippen LogP contribution is -2.32. The molecule has 0 aliphatic carbocycles. The first kappa shape index (κ1) is 17.7. The van der Waals surface area contributed by atoms with Gasteiger partial charge in [-0.25, -0.2) is 0 Å². The molecule has 2 heterocycles. The van der Waals surface area contributed by atoms with Gasteiger partial charge in [-0.05, 0) is 67.6 Å². The van der Waals surface area contributed by atoms with Crippen molar-refractivity contribution >= 4 is 23.1 Å². The second-order valence-electron chi connectivity index (χ2n) is 6.49. The first-order chi connectivity index (χ1) is 13.6. The molecule has 0 fully saturated rings. The lowest BCUT2D eigenvalue weighted by Gasteiger charge is -2.26. The number of Topliss-reactive ketones (excluding diaryl/α,β-unsaturated/α-hetero) is 1. The standard InChI is InChI=1S/C22H19N3O3/c1-14(26)15-5-7-16(8-6-15)24-21-20-19(4-3-13-23-20)22(27)25(21)17-9-11-18(28-2)12-10-17/h3-13,21,24H,1-2H3. The molecular formula is C22H19N3O3. The highest BCUT2D eigenvalue weighted by Crippen LogP contribution is 2.37. The molecule has 1 N–H and O–H groups in total. The van der Waals surface area contributed by atoms with E-state index in [1.165, 1.54) is 6.92 Å². The third-order valence-electron chi connectivity index (χ3n) is 4.75. The number of nitrogens with zero attached hydrogens (tertiary/aromatic N) is 2. The number of carbonyl (C=O) groups excluding carboxylic acids is 2. The molecule has 1 amide bonds. The lowest BCUT2D eigenvalue weighted by atomic mass is 10.1. The normalized spacial score (nSPS) is 15.3. The zero-order chi connectivity index (χ0) is 19.7. The summed E-state index contributed by atoms with van der Waals surface area (Å²) in [6.07, 6.45) is 1.22.